The molecule has 116 valence electrons. The average Bonchev–Trinajstić information content (AvgIpc) is 2.74. The molecule has 1 fully saturated rings. The molecule has 0 saturated carbocycles. The Morgan fingerprint density at radius 1 is 1.19 bits per heavy atom. The van der Waals surface area contributed by atoms with Crippen LogP contribution >= 0.6 is 11.6 Å². The Morgan fingerprint density at radius 3 is 2.90 bits per heavy atom. The summed E-state index contributed by atoms with van der Waals surface area (Å²) in [5.41, 5.74) is 1.09. The van der Waals surface area contributed by atoms with Crippen LogP contribution in [-0.4, -0.2) is 33.4 Å². The highest BCUT2D eigenvalue weighted by molar-refractivity contribution is 6.32. The number of fused-ring (bicyclic) bond motifs is 1. The minimum atomic E-state index is 0.0702. The summed E-state index contributed by atoms with van der Waals surface area (Å²) in [5, 5.41) is 3.87. The number of nitrogens with one attached hydrogen (secondary N) is 1. The maximum absolute atomic E-state index is 6.39. The van der Waals surface area contributed by atoms with Gasteiger partial charge in [-0.2, -0.15) is 0 Å². The Balaban J connectivity index is 1.90. The van der Waals surface area contributed by atoms with Crippen molar-refractivity contribution in [1.82, 2.24) is 5.32 Å². The van der Waals surface area contributed by atoms with Crippen molar-refractivity contribution in [1.29, 1.82) is 0 Å². The van der Waals surface area contributed by atoms with Gasteiger partial charge < -0.3 is 19.5 Å². The van der Waals surface area contributed by atoms with E-state index in [9.17, 15) is 0 Å². The third-order valence-corrected chi connectivity index (χ3v) is 4.34. The molecular formula is C16H22ClNO3. The van der Waals surface area contributed by atoms with E-state index in [0.717, 1.165) is 43.7 Å². The molecule has 1 N–H and O–H groups in total. The molecule has 0 bridgehead atoms. The second-order valence-electron chi connectivity index (χ2n) is 5.63. The summed E-state index contributed by atoms with van der Waals surface area (Å²) in [6.07, 6.45) is 3.22. The first kappa shape index (κ1) is 14.9. The molecule has 1 aromatic carbocycles. The standard InChI is InChI=1S/C16H22ClNO3/c1-18-10-11-4-2-5-20-15(11)12-8-13(17)16-14(9-12)19-6-3-7-21-16/h8-9,11,15,18H,2-7,10H2,1H3. The maximum atomic E-state index is 6.39. The number of benzene rings is 1. The quantitative estimate of drug-likeness (QED) is 0.930. The van der Waals surface area contributed by atoms with E-state index < -0.39 is 0 Å². The van der Waals surface area contributed by atoms with E-state index >= 15 is 0 Å². The minimum absolute atomic E-state index is 0.0702. The summed E-state index contributed by atoms with van der Waals surface area (Å²) in [7, 11) is 1.98. The van der Waals surface area contributed by atoms with Gasteiger partial charge in [-0.1, -0.05) is 11.6 Å². The Bertz CT molecular complexity index is 493. The van der Waals surface area contributed by atoms with Gasteiger partial charge in [0.15, 0.2) is 11.5 Å². The summed E-state index contributed by atoms with van der Waals surface area (Å²) >= 11 is 6.39. The van der Waals surface area contributed by atoms with Crippen LogP contribution in [0, 0.1) is 5.92 Å². The van der Waals surface area contributed by atoms with Crippen LogP contribution < -0.4 is 14.8 Å². The molecule has 21 heavy (non-hydrogen) atoms. The van der Waals surface area contributed by atoms with Crippen LogP contribution in [0.15, 0.2) is 12.1 Å². The minimum Gasteiger partial charge on any atom is -0.489 e. The monoisotopic (exact) mass is 311 g/mol. The van der Waals surface area contributed by atoms with Crippen molar-refractivity contribution in [2.75, 3.05) is 33.4 Å². The molecule has 0 aliphatic carbocycles. The predicted molar refractivity (Wildman–Crippen MR) is 82.4 cm³/mol. The molecule has 2 aliphatic rings. The zero-order valence-corrected chi connectivity index (χ0v) is 13.1. The van der Waals surface area contributed by atoms with Crippen LogP contribution in [0.3, 0.4) is 0 Å². The lowest BCUT2D eigenvalue weighted by Gasteiger charge is -2.32. The van der Waals surface area contributed by atoms with Crippen LogP contribution in [0.4, 0.5) is 0 Å². The van der Waals surface area contributed by atoms with Crippen molar-refractivity contribution in [3.05, 3.63) is 22.7 Å². The molecule has 2 unspecified atom stereocenters. The lowest BCUT2D eigenvalue weighted by Crippen LogP contribution is -2.30. The molecule has 1 aromatic rings. The smallest absolute Gasteiger partial charge is 0.179 e. The van der Waals surface area contributed by atoms with E-state index in [4.69, 9.17) is 25.8 Å². The van der Waals surface area contributed by atoms with Crippen LogP contribution in [0.2, 0.25) is 5.02 Å². The summed E-state index contributed by atoms with van der Waals surface area (Å²) in [4.78, 5) is 0. The molecule has 2 aliphatic heterocycles. The highest BCUT2D eigenvalue weighted by atomic mass is 35.5. The molecule has 0 amide bonds. The van der Waals surface area contributed by atoms with Crippen molar-refractivity contribution >= 4 is 11.6 Å². The van der Waals surface area contributed by atoms with E-state index in [1.165, 1.54) is 0 Å². The van der Waals surface area contributed by atoms with Crippen molar-refractivity contribution < 1.29 is 14.2 Å². The zero-order valence-electron chi connectivity index (χ0n) is 12.4. The topological polar surface area (TPSA) is 39.7 Å². The first-order valence-electron chi connectivity index (χ1n) is 7.65. The second-order valence-corrected chi connectivity index (χ2v) is 6.04. The average molecular weight is 312 g/mol. The first-order chi connectivity index (χ1) is 10.3. The van der Waals surface area contributed by atoms with Gasteiger partial charge in [0.1, 0.15) is 0 Å². The number of ether oxygens (including phenoxy) is 3. The number of halogens is 1. The largest absolute Gasteiger partial charge is 0.489 e. The number of rotatable bonds is 3. The third kappa shape index (κ3) is 3.28. The highest BCUT2D eigenvalue weighted by Gasteiger charge is 2.29. The van der Waals surface area contributed by atoms with E-state index in [0.29, 0.717) is 29.9 Å². The van der Waals surface area contributed by atoms with Crippen molar-refractivity contribution in [2.24, 2.45) is 5.92 Å². The molecule has 3 rings (SSSR count). The van der Waals surface area contributed by atoms with Gasteiger partial charge in [-0.05, 0) is 37.6 Å². The normalized spacial score (nSPS) is 25.4. The summed E-state index contributed by atoms with van der Waals surface area (Å²) in [6.45, 7) is 3.06. The predicted octanol–water partition coefficient (Wildman–Crippen LogP) is 3.19. The van der Waals surface area contributed by atoms with Gasteiger partial charge >= 0.3 is 0 Å². The van der Waals surface area contributed by atoms with Crippen LogP contribution in [0.5, 0.6) is 11.5 Å². The fourth-order valence-corrected chi connectivity index (χ4v) is 3.37. The zero-order chi connectivity index (χ0) is 14.7. The van der Waals surface area contributed by atoms with Crippen LogP contribution in [-0.2, 0) is 4.74 Å². The van der Waals surface area contributed by atoms with E-state index in [1.807, 2.05) is 19.2 Å². The Labute approximate surface area is 130 Å². The van der Waals surface area contributed by atoms with Crippen LogP contribution in [0.25, 0.3) is 0 Å². The molecule has 1 saturated heterocycles. The van der Waals surface area contributed by atoms with E-state index in [1.54, 1.807) is 0 Å². The van der Waals surface area contributed by atoms with Crippen molar-refractivity contribution in [3.63, 3.8) is 0 Å². The Hall–Kier alpha value is -0.970. The Morgan fingerprint density at radius 2 is 2.05 bits per heavy atom. The summed E-state index contributed by atoms with van der Waals surface area (Å²) < 4.78 is 17.5. The summed E-state index contributed by atoms with van der Waals surface area (Å²) in [6, 6.07) is 4.00. The van der Waals surface area contributed by atoms with E-state index in [2.05, 4.69) is 5.32 Å². The fourth-order valence-electron chi connectivity index (χ4n) is 3.10. The molecule has 4 nitrogen and oxygen atoms in total. The van der Waals surface area contributed by atoms with Gasteiger partial charge in [0.25, 0.3) is 0 Å². The highest BCUT2D eigenvalue weighted by Crippen LogP contribution is 2.42. The second kappa shape index (κ2) is 6.86. The molecule has 0 aromatic heterocycles. The van der Waals surface area contributed by atoms with Crippen molar-refractivity contribution in [2.45, 2.75) is 25.4 Å². The SMILES string of the molecule is CNCC1CCCOC1c1cc(Cl)c2c(c1)OCCCO2. The lowest BCUT2D eigenvalue weighted by molar-refractivity contribution is -0.0273. The van der Waals surface area contributed by atoms with E-state index in [-0.39, 0.29) is 6.10 Å². The van der Waals surface area contributed by atoms with Gasteiger partial charge in [-0.25, -0.2) is 0 Å². The molecule has 0 spiro atoms. The molecule has 5 heteroatoms. The van der Waals surface area contributed by atoms with Crippen molar-refractivity contribution in [3.8, 4) is 11.5 Å². The molecular weight excluding hydrogens is 290 g/mol. The maximum Gasteiger partial charge on any atom is 0.179 e. The number of hydrogen-bond acceptors (Lipinski definition) is 4. The molecule has 2 heterocycles. The Kier molecular flexibility index (Phi) is 4.88. The van der Waals surface area contributed by atoms with Gasteiger partial charge in [0.05, 0.1) is 24.3 Å². The third-order valence-electron chi connectivity index (χ3n) is 4.06. The van der Waals surface area contributed by atoms with Gasteiger partial charge in [-0.3, -0.25) is 0 Å². The fraction of sp³-hybridized carbons (Fsp3) is 0.625. The van der Waals surface area contributed by atoms with Gasteiger partial charge in [-0.15, -0.1) is 0 Å². The molecule has 2 atom stereocenters. The van der Waals surface area contributed by atoms with Gasteiger partial charge in [0.2, 0.25) is 0 Å². The molecule has 0 radical (unpaired) electrons. The lowest BCUT2D eigenvalue weighted by atomic mass is 9.89. The number of hydrogen-bond donors (Lipinski definition) is 1. The first-order valence-corrected chi connectivity index (χ1v) is 8.02. The van der Waals surface area contributed by atoms with Crippen LogP contribution in [0.1, 0.15) is 30.9 Å². The summed E-state index contributed by atoms with van der Waals surface area (Å²) in [5.74, 6) is 1.87. The van der Waals surface area contributed by atoms with Gasteiger partial charge in [0, 0.05) is 25.5 Å².